The molecule has 0 atom stereocenters. The zero-order valence-electron chi connectivity index (χ0n) is 13.8. The van der Waals surface area contributed by atoms with Crippen LogP contribution in [0.15, 0.2) is 60.8 Å². The van der Waals surface area contributed by atoms with Crippen LogP contribution in [-0.2, 0) is 12.7 Å². The number of alkyl halides is 3. The fourth-order valence-corrected chi connectivity index (χ4v) is 2.77. The highest BCUT2D eigenvalue weighted by Gasteiger charge is 2.29. The number of para-hydroxylation sites is 1. The van der Waals surface area contributed by atoms with Gasteiger partial charge in [-0.05, 0) is 36.4 Å². The Labute approximate surface area is 144 Å². The van der Waals surface area contributed by atoms with E-state index in [0.717, 1.165) is 29.8 Å². The van der Waals surface area contributed by atoms with Crippen LogP contribution in [0.5, 0.6) is 0 Å². The fraction of sp³-hybridized carbons (Fsp3) is 0.200. The molecule has 0 radical (unpaired) electrons. The van der Waals surface area contributed by atoms with Crippen LogP contribution in [0, 0.1) is 0 Å². The van der Waals surface area contributed by atoms with Gasteiger partial charge in [-0.15, -0.1) is 0 Å². The van der Waals surface area contributed by atoms with Gasteiger partial charge in [0.1, 0.15) is 0 Å². The highest BCUT2D eigenvalue weighted by Crippen LogP contribution is 2.29. The van der Waals surface area contributed by atoms with Gasteiger partial charge in [0.05, 0.1) is 5.56 Å². The summed E-state index contributed by atoms with van der Waals surface area (Å²) in [5.41, 5.74) is 2.47. The molecule has 0 amide bonds. The summed E-state index contributed by atoms with van der Waals surface area (Å²) < 4.78 is 37.6. The van der Waals surface area contributed by atoms with Crippen LogP contribution < -0.4 is 0 Å². The minimum atomic E-state index is -4.29. The lowest BCUT2D eigenvalue weighted by Crippen LogP contribution is -2.17. The molecule has 0 fully saturated rings. The number of fused-ring (bicyclic) bond motifs is 1. The third kappa shape index (κ3) is 4.31. The van der Waals surface area contributed by atoms with Gasteiger partial charge < -0.3 is 4.98 Å². The molecule has 0 saturated heterocycles. The van der Waals surface area contributed by atoms with Crippen LogP contribution in [-0.4, -0.2) is 23.5 Å². The van der Waals surface area contributed by atoms with Gasteiger partial charge in [-0.2, -0.15) is 13.2 Å². The highest BCUT2D eigenvalue weighted by atomic mass is 19.4. The number of hydrogen-bond donors (Lipinski definition) is 1. The van der Waals surface area contributed by atoms with Crippen LogP contribution in [0.3, 0.4) is 0 Å². The van der Waals surface area contributed by atoms with Crippen LogP contribution in [0.25, 0.3) is 17.0 Å². The Balaban J connectivity index is 1.58. The first-order valence-electron chi connectivity index (χ1n) is 8.01. The maximum atomic E-state index is 12.5. The summed E-state index contributed by atoms with van der Waals surface area (Å²) in [5, 5.41) is 1.21. The predicted molar refractivity (Wildman–Crippen MR) is 95.1 cm³/mol. The third-order valence-electron chi connectivity index (χ3n) is 4.08. The van der Waals surface area contributed by atoms with E-state index in [9.17, 15) is 13.2 Å². The second-order valence-corrected chi connectivity index (χ2v) is 6.08. The summed E-state index contributed by atoms with van der Waals surface area (Å²) >= 11 is 0. The van der Waals surface area contributed by atoms with Crippen molar-refractivity contribution in [2.24, 2.45) is 0 Å². The molecule has 130 valence electrons. The molecule has 0 bridgehead atoms. The van der Waals surface area contributed by atoms with E-state index in [1.54, 1.807) is 0 Å². The van der Waals surface area contributed by atoms with E-state index < -0.39 is 11.7 Å². The molecule has 2 nitrogen and oxygen atoms in total. The molecule has 3 aromatic rings. The van der Waals surface area contributed by atoms with Crippen molar-refractivity contribution in [3.05, 3.63) is 77.5 Å². The lowest BCUT2D eigenvalue weighted by Gasteiger charge is -2.13. The Hall–Kier alpha value is -2.53. The van der Waals surface area contributed by atoms with Crippen molar-refractivity contribution in [1.29, 1.82) is 0 Å². The van der Waals surface area contributed by atoms with E-state index >= 15 is 0 Å². The lowest BCUT2D eigenvalue weighted by molar-refractivity contribution is -0.137. The summed E-state index contributed by atoms with van der Waals surface area (Å²) in [6, 6.07) is 13.3. The third-order valence-corrected chi connectivity index (χ3v) is 4.08. The molecule has 0 aliphatic rings. The monoisotopic (exact) mass is 344 g/mol. The number of hydrogen-bond acceptors (Lipinski definition) is 1. The number of nitrogens with one attached hydrogen (secondary N) is 1. The standard InChI is InChI=1S/C20H19F3N2/c1-25(14-16-13-24-19-7-3-2-6-18(16)19)12-4-5-15-8-10-17(11-9-15)20(21,22)23/h2-11,13,24H,12,14H2,1H3. The largest absolute Gasteiger partial charge is 0.416 e. The summed E-state index contributed by atoms with van der Waals surface area (Å²) in [6.07, 6.45) is 1.52. The second-order valence-electron chi connectivity index (χ2n) is 6.08. The molecule has 0 unspecified atom stereocenters. The van der Waals surface area contributed by atoms with Gasteiger partial charge in [0.25, 0.3) is 0 Å². The highest BCUT2D eigenvalue weighted by molar-refractivity contribution is 5.82. The zero-order chi connectivity index (χ0) is 17.9. The van der Waals surface area contributed by atoms with Crippen molar-refractivity contribution in [2.75, 3.05) is 13.6 Å². The molecular weight excluding hydrogens is 325 g/mol. The van der Waals surface area contributed by atoms with Crippen molar-refractivity contribution in [2.45, 2.75) is 12.7 Å². The molecule has 5 heteroatoms. The maximum absolute atomic E-state index is 12.5. The number of likely N-dealkylation sites (N-methyl/N-ethyl adjacent to an activating group) is 1. The Morgan fingerprint density at radius 3 is 2.48 bits per heavy atom. The average molecular weight is 344 g/mol. The summed E-state index contributed by atoms with van der Waals surface area (Å²) in [4.78, 5) is 5.41. The second kappa shape index (κ2) is 7.15. The van der Waals surface area contributed by atoms with Gasteiger partial charge in [0.15, 0.2) is 0 Å². The molecule has 1 heterocycles. The Bertz CT molecular complexity index is 861. The summed E-state index contributed by atoms with van der Waals surface area (Å²) in [6.45, 7) is 1.50. The van der Waals surface area contributed by atoms with E-state index in [1.165, 1.54) is 23.1 Å². The fourth-order valence-electron chi connectivity index (χ4n) is 2.77. The van der Waals surface area contributed by atoms with Crippen LogP contribution in [0.1, 0.15) is 16.7 Å². The molecule has 0 aliphatic carbocycles. The Morgan fingerprint density at radius 2 is 1.76 bits per heavy atom. The molecule has 1 N–H and O–H groups in total. The molecule has 1 aromatic heterocycles. The van der Waals surface area contributed by atoms with Crippen molar-refractivity contribution in [1.82, 2.24) is 9.88 Å². The normalized spacial score (nSPS) is 12.5. The van der Waals surface area contributed by atoms with Crippen molar-refractivity contribution < 1.29 is 13.2 Å². The first kappa shape index (κ1) is 17.3. The molecule has 0 spiro atoms. The van der Waals surface area contributed by atoms with Crippen LogP contribution in [0.2, 0.25) is 0 Å². The molecular formula is C20H19F3N2. The van der Waals surface area contributed by atoms with E-state index in [0.29, 0.717) is 6.54 Å². The SMILES string of the molecule is CN(CC=Cc1ccc(C(F)(F)F)cc1)Cc1c[nH]c2ccccc12. The van der Waals surface area contributed by atoms with Crippen molar-refractivity contribution in [3.8, 4) is 0 Å². The summed E-state index contributed by atoms with van der Waals surface area (Å²) in [7, 11) is 2.01. The molecule has 3 rings (SSSR count). The smallest absolute Gasteiger partial charge is 0.361 e. The van der Waals surface area contributed by atoms with Gasteiger partial charge >= 0.3 is 6.18 Å². The van der Waals surface area contributed by atoms with Gasteiger partial charge in [-0.1, -0.05) is 42.5 Å². The van der Waals surface area contributed by atoms with Crippen LogP contribution in [0.4, 0.5) is 13.2 Å². The topological polar surface area (TPSA) is 19.0 Å². The van der Waals surface area contributed by atoms with Gasteiger partial charge in [0, 0.05) is 30.2 Å². The maximum Gasteiger partial charge on any atom is 0.416 e. The number of nitrogens with zero attached hydrogens (tertiary/aromatic N) is 1. The first-order chi connectivity index (χ1) is 11.9. The minimum Gasteiger partial charge on any atom is -0.361 e. The molecule has 2 aromatic carbocycles. The van der Waals surface area contributed by atoms with E-state index in [2.05, 4.69) is 16.0 Å². The van der Waals surface area contributed by atoms with Crippen molar-refractivity contribution >= 4 is 17.0 Å². The van der Waals surface area contributed by atoms with E-state index in [4.69, 9.17) is 0 Å². The number of aromatic nitrogens is 1. The number of halogens is 3. The zero-order valence-corrected chi connectivity index (χ0v) is 13.8. The average Bonchev–Trinajstić information content (AvgIpc) is 2.98. The van der Waals surface area contributed by atoms with E-state index in [1.807, 2.05) is 43.6 Å². The van der Waals surface area contributed by atoms with E-state index in [-0.39, 0.29) is 0 Å². The van der Waals surface area contributed by atoms with Gasteiger partial charge in [-0.25, -0.2) is 0 Å². The van der Waals surface area contributed by atoms with Gasteiger partial charge in [0.2, 0.25) is 0 Å². The van der Waals surface area contributed by atoms with Crippen LogP contribution >= 0.6 is 0 Å². The summed E-state index contributed by atoms with van der Waals surface area (Å²) in [5.74, 6) is 0. The first-order valence-corrected chi connectivity index (χ1v) is 8.01. The lowest BCUT2D eigenvalue weighted by atomic mass is 10.1. The van der Waals surface area contributed by atoms with Gasteiger partial charge in [-0.3, -0.25) is 4.90 Å². The quantitative estimate of drug-likeness (QED) is 0.663. The predicted octanol–water partition coefficient (Wildman–Crippen LogP) is 5.33. The van der Waals surface area contributed by atoms with Crippen molar-refractivity contribution in [3.63, 3.8) is 0 Å². The molecule has 0 saturated carbocycles. The molecule has 0 aliphatic heterocycles. The molecule has 25 heavy (non-hydrogen) atoms. The minimum absolute atomic E-state index is 0.624. The Morgan fingerprint density at radius 1 is 1.04 bits per heavy atom. The number of H-pyrrole nitrogens is 1. The number of rotatable bonds is 5. The Kier molecular flexibility index (Phi) is 4.95. The number of benzene rings is 2. The number of aromatic amines is 1.